The number of esters is 1. The number of carbonyl (C=O) groups excluding carboxylic acids is 1. The van der Waals surface area contributed by atoms with Crippen molar-refractivity contribution in [3.63, 3.8) is 0 Å². The Kier molecular flexibility index (Phi) is 14.1. The second kappa shape index (κ2) is 16.6. The molecule has 0 fully saturated rings. The molecular formula is C25H36O4. The average molecular weight is 401 g/mol. The van der Waals surface area contributed by atoms with Crippen molar-refractivity contribution in [1.82, 2.24) is 0 Å². The highest BCUT2D eigenvalue weighted by Gasteiger charge is 2.06. The molecule has 4 nitrogen and oxygen atoms in total. The lowest BCUT2D eigenvalue weighted by atomic mass is 10.1. The molecule has 0 aliphatic rings. The molecule has 0 amide bonds. The van der Waals surface area contributed by atoms with Gasteiger partial charge in [0.25, 0.3) is 0 Å². The van der Waals surface area contributed by atoms with E-state index in [0.29, 0.717) is 12.2 Å². The lowest BCUT2D eigenvalue weighted by Crippen LogP contribution is -2.07. The Hall–Kier alpha value is -2.36. The van der Waals surface area contributed by atoms with E-state index in [0.717, 1.165) is 32.1 Å². The smallest absolute Gasteiger partial charge is 0.335 e. The minimum atomic E-state index is -0.993. The third-order valence-electron chi connectivity index (χ3n) is 4.66. The summed E-state index contributed by atoms with van der Waals surface area (Å²) in [6.45, 7) is 2.23. The predicted molar refractivity (Wildman–Crippen MR) is 118 cm³/mol. The zero-order valence-electron chi connectivity index (χ0n) is 17.8. The van der Waals surface area contributed by atoms with Gasteiger partial charge in [-0.05, 0) is 62.8 Å². The highest BCUT2D eigenvalue weighted by Crippen LogP contribution is 2.14. The first-order valence-electron chi connectivity index (χ1n) is 11.0. The van der Waals surface area contributed by atoms with Crippen molar-refractivity contribution in [3.8, 4) is 5.75 Å². The maximum atomic E-state index is 11.8. The van der Waals surface area contributed by atoms with Gasteiger partial charge in [-0.1, -0.05) is 63.3 Å². The van der Waals surface area contributed by atoms with Gasteiger partial charge in [-0.3, -0.25) is 4.79 Å². The van der Waals surface area contributed by atoms with E-state index in [4.69, 9.17) is 9.84 Å². The summed E-state index contributed by atoms with van der Waals surface area (Å²) in [6.07, 6.45) is 22.1. The van der Waals surface area contributed by atoms with E-state index in [9.17, 15) is 9.59 Å². The fourth-order valence-electron chi connectivity index (χ4n) is 2.93. The van der Waals surface area contributed by atoms with Crippen LogP contribution < -0.4 is 4.74 Å². The molecule has 160 valence electrons. The lowest BCUT2D eigenvalue weighted by Gasteiger charge is -2.04. The van der Waals surface area contributed by atoms with Crippen LogP contribution in [0.4, 0.5) is 0 Å². The fourth-order valence-corrected chi connectivity index (χ4v) is 2.93. The zero-order chi connectivity index (χ0) is 21.2. The average Bonchev–Trinajstić information content (AvgIpc) is 2.71. The molecule has 1 aromatic carbocycles. The second-order valence-corrected chi connectivity index (χ2v) is 7.28. The van der Waals surface area contributed by atoms with Crippen molar-refractivity contribution < 1.29 is 19.4 Å². The summed E-state index contributed by atoms with van der Waals surface area (Å²) in [4.78, 5) is 22.6. The van der Waals surface area contributed by atoms with E-state index < -0.39 is 5.97 Å². The van der Waals surface area contributed by atoms with Crippen molar-refractivity contribution in [2.24, 2.45) is 0 Å². The first kappa shape index (κ1) is 24.7. The second-order valence-electron chi connectivity index (χ2n) is 7.28. The minimum absolute atomic E-state index is 0.179. The van der Waals surface area contributed by atoms with Gasteiger partial charge in [0.05, 0.1) is 5.56 Å². The summed E-state index contributed by atoms with van der Waals surface area (Å²) in [6, 6.07) is 5.89. The van der Waals surface area contributed by atoms with Gasteiger partial charge >= 0.3 is 11.9 Å². The molecule has 4 heteroatoms. The van der Waals surface area contributed by atoms with Gasteiger partial charge in [0.2, 0.25) is 0 Å². The summed E-state index contributed by atoms with van der Waals surface area (Å²) in [5.74, 6) is -0.866. The van der Waals surface area contributed by atoms with Crippen LogP contribution in [-0.2, 0) is 4.79 Å². The Labute approximate surface area is 175 Å². The van der Waals surface area contributed by atoms with Crippen LogP contribution in [0.5, 0.6) is 5.75 Å². The van der Waals surface area contributed by atoms with Crippen LogP contribution in [0.1, 0.15) is 94.3 Å². The van der Waals surface area contributed by atoms with Crippen LogP contribution in [0.25, 0.3) is 0 Å². The number of carboxylic acid groups (broad SMARTS) is 1. The minimum Gasteiger partial charge on any atom is -0.478 e. The van der Waals surface area contributed by atoms with Crippen LogP contribution >= 0.6 is 0 Å². The molecule has 0 aliphatic carbocycles. The van der Waals surface area contributed by atoms with E-state index in [1.54, 1.807) is 0 Å². The first-order chi connectivity index (χ1) is 14.1. The van der Waals surface area contributed by atoms with E-state index in [-0.39, 0.29) is 11.5 Å². The van der Waals surface area contributed by atoms with Crippen LogP contribution in [0.3, 0.4) is 0 Å². The topological polar surface area (TPSA) is 63.6 Å². The van der Waals surface area contributed by atoms with Gasteiger partial charge in [0.1, 0.15) is 5.75 Å². The summed E-state index contributed by atoms with van der Waals surface area (Å²) < 4.78 is 5.22. The summed E-state index contributed by atoms with van der Waals surface area (Å²) >= 11 is 0. The Morgan fingerprint density at radius 1 is 0.828 bits per heavy atom. The third kappa shape index (κ3) is 13.4. The molecule has 0 saturated carbocycles. The molecular weight excluding hydrogens is 364 g/mol. The molecule has 0 bridgehead atoms. The maximum Gasteiger partial charge on any atom is 0.335 e. The Bertz CT molecular complexity index is 629. The molecule has 0 unspecified atom stereocenters. The molecule has 0 atom stereocenters. The SMILES string of the molecule is CCCCC/C=C\C/C=C\CCCCCCCC(=O)Oc1ccc(C(=O)O)cc1. The van der Waals surface area contributed by atoms with Crippen LogP contribution in [0.15, 0.2) is 48.6 Å². The van der Waals surface area contributed by atoms with Crippen LogP contribution in [0.2, 0.25) is 0 Å². The fraction of sp³-hybridized carbons (Fsp3) is 0.520. The molecule has 0 saturated heterocycles. The number of ether oxygens (including phenoxy) is 1. The van der Waals surface area contributed by atoms with E-state index in [2.05, 4.69) is 31.2 Å². The zero-order valence-corrected chi connectivity index (χ0v) is 17.8. The normalized spacial score (nSPS) is 11.3. The monoisotopic (exact) mass is 400 g/mol. The molecule has 1 aromatic rings. The van der Waals surface area contributed by atoms with Crippen LogP contribution in [0, 0.1) is 0 Å². The number of unbranched alkanes of at least 4 members (excludes halogenated alkanes) is 8. The predicted octanol–water partition coefficient (Wildman–Crippen LogP) is 7.10. The number of rotatable bonds is 16. The van der Waals surface area contributed by atoms with Crippen molar-refractivity contribution in [2.45, 2.75) is 84.0 Å². The van der Waals surface area contributed by atoms with E-state index in [1.165, 1.54) is 62.8 Å². The van der Waals surface area contributed by atoms with Gasteiger partial charge in [-0.25, -0.2) is 4.79 Å². The highest BCUT2D eigenvalue weighted by atomic mass is 16.5. The highest BCUT2D eigenvalue weighted by molar-refractivity contribution is 5.87. The van der Waals surface area contributed by atoms with Gasteiger partial charge in [0, 0.05) is 6.42 Å². The van der Waals surface area contributed by atoms with Crippen LogP contribution in [-0.4, -0.2) is 17.0 Å². The van der Waals surface area contributed by atoms with Gasteiger partial charge < -0.3 is 9.84 Å². The molecule has 0 spiro atoms. The number of aromatic carboxylic acids is 1. The van der Waals surface area contributed by atoms with E-state index >= 15 is 0 Å². The van der Waals surface area contributed by atoms with Crippen molar-refractivity contribution >= 4 is 11.9 Å². The molecule has 0 aromatic heterocycles. The molecule has 0 aliphatic heterocycles. The van der Waals surface area contributed by atoms with E-state index in [1.807, 2.05) is 0 Å². The molecule has 0 radical (unpaired) electrons. The standard InChI is InChI=1S/C25H36O4/c1-2-3-4-5-6-7-8-9-10-11-12-13-14-15-16-17-24(26)29-23-20-18-22(19-21-23)25(27)28/h6-7,9-10,18-21H,2-5,8,11-17H2,1H3,(H,27,28)/b7-6-,10-9-. The van der Waals surface area contributed by atoms with Gasteiger partial charge in [-0.15, -0.1) is 0 Å². The number of benzene rings is 1. The number of hydrogen-bond donors (Lipinski definition) is 1. The number of hydrogen-bond acceptors (Lipinski definition) is 3. The molecule has 29 heavy (non-hydrogen) atoms. The quantitative estimate of drug-likeness (QED) is 0.139. The summed E-state index contributed by atoms with van der Waals surface area (Å²) in [5.41, 5.74) is 0.179. The Morgan fingerprint density at radius 2 is 1.41 bits per heavy atom. The third-order valence-corrected chi connectivity index (χ3v) is 4.66. The number of carbonyl (C=O) groups is 2. The van der Waals surface area contributed by atoms with Crippen molar-refractivity contribution in [1.29, 1.82) is 0 Å². The molecule has 1 rings (SSSR count). The van der Waals surface area contributed by atoms with Gasteiger partial charge in [0.15, 0.2) is 0 Å². The first-order valence-corrected chi connectivity index (χ1v) is 11.0. The summed E-state index contributed by atoms with van der Waals surface area (Å²) in [5, 5.41) is 8.85. The van der Waals surface area contributed by atoms with Gasteiger partial charge in [-0.2, -0.15) is 0 Å². The van der Waals surface area contributed by atoms with Crippen molar-refractivity contribution in [3.05, 3.63) is 54.1 Å². The molecule has 1 N–H and O–H groups in total. The maximum absolute atomic E-state index is 11.8. The summed E-state index contributed by atoms with van der Waals surface area (Å²) in [7, 11) is 0. The Morgan fingerprint density at radius 3 is 2.03 bits per heavy atom. The number of carboxylic acids is 1. The number of allylic oxidation sites excluding steroid dienone is 4. The molecule has 0 heterocycles. The largest absolute Gasteiger partial charge is 0.478 e. The Balaban J connectivity index is 1.96. The lowest BCUT2D eigenvalue weighted by molar-refractivity contribution is -0.134. The van der Waals surface area contributed by atoms with Crippen molar-refractivity contribution in [2.75, 3.05) is 0 Å².